The fourth-order valence-electron chi connectivity index (χ4n) is 1.56. The van der Waals surface area contributed by atoms with Gasteiger partial charge in [-0.3, -0.25) is 0 Å². The molecule has 1 atom stereocenters. The average molecular weight is 374 g/mol. The predicted octanol–water partition coefficient (Wildman–Crippen LogP) is 4.91. The topological polar surface area (TPSA) is 18.5 Å². The van der Waals surface area contributed by atoms with E-state index in [1.807, 2.05) is 62.4 Å². The summed E-state index contributed by atoms with van der Waals surface area (Å²) >= 11 is 9.67. The van der Waals surface area contributed by atoms with E-state index in [0.717, 1.165) is 5.56 Å². The molecule has 20 heavy (non-hydrogen) atoms. The van der Waals surface area contributed by atoms with E-state index < -0.39 is 5.69 Å². The smallest absolute Gasteiger partial charge is 0.428 e. The van der Waals surface area contributed by atoms with Crippen LogP contribution in [-0.4, -0.2) is 0 Å². The summed E-state index contributed by atoms with van der Waals surface area (Å²) in [6.07, 6.45) is 0. The van der Waals surface area contributed by atoms with Gasteiger partial charge in [-0.15, -0.1) is 0 Å². The number of hydrogen-bond acceptors (Lipinski definition) is 3. The third-order valence-corrected chi connectivity index (χ3v) is 4.27. The zero-order chi connectivity index (χ0) is 13.9. The van der Waals surface area contributed by atoms with Crippen molar-refractivity contribution in [1.29, 1.82) is 0 Å². The van der Waals surface area contributed by atoms with Crippen molar-refractivity contribution >= 4 is 29.7 Å². The van der Waals surface area contributed by atoms with Crippen LogP contribution in [0.2, 0.25) is 0 Å². The Balaban J connectivity index is 0.00000200. The van der Waals surface area contributed by atoms with Crippen LogP contribution in [0.15, 0.2) is 48.5 Å². The van der Waals surface area contributed by atoms with Crippen LogP contribution in [0.3, 0.4) is 0 Å². The van der Waals surface area contributed by atoms with Crippen LogP contribution < -0.4 is 9.05 Å². The van der Waals surface area contributed by atoms with Gasteiger partial charge in [-0.05, 0) is 55.5 Å². The maximum atomic E-state index is 5.68. The van der Waals surface area contributed by atoms with Crippen LogP contribution in [0.5, 0.6) is 11.5 Å². The monoisotopic (exact) mass is 373 g/mol. The molecule has 0 amide bonds. The zero-order valence-electron chi connectivity index (χ0n) is 11.0. The van der Waals surface area contributed by atoms with Crippen molar-refractivity contribution in [2.75, 3.05) is 0 Å². The number of hydrogen-bond donors (Lipinski definition) is 1. The molecule has 0 saturated carbocycles. The number of aryl methyl sites for hydroxylation is 2. The first-order valence-corrected chi connectivity index (χ1v) is 9.59. The van der Waals surface area contributed by atoms with Gasteiger partial charge in [0.05, 0.1) is 0 Å². The van der Waals surface area contributed by atoms with Gasteiger partial charge in [-0.25, -0.2) is 0 Å². The van der Waals surface area contributed by atoms with E-state index in [1.54, 1.807) is 0 Å². The summed E-state index contributed by atoms with van der Waals surface area (Å²) < 4.78 is 11.4. The van der Waals surface area contributed by atoms with Gasteiger partial charge in [0.2, 0.25) is 0 Å². The Morgan fingerprint density at radius 3 is 2.10 bits per heavy atom. The second-order valence-electron chi connectivity index (χ2n) is 4.28. The molecule has 6 heteroatoms. The Morgan fingerprint density at radius 2 is 1.50 bits per heavy atom. The Labute approximate surface area is 140 Å². The summed E-state index contributed by atoms with van der Waals surface area (Å²) in [5, 5.41) is 0. The second kappa shape index (κ2) is 7.53. The first-order chi connectivity index (χ1) is 8.94. The van der Waals surface area contributed by atoms with E-state index in [-0.39, 0.29) is 17.1 Å². The van der Waals surface area contributed by atoms with Gasteiger partial charge in [0, 0.05) is 0 Å². The average Bonchev–Trinajstić information content (AvgIpc) is 2.31. The summed E-state index contributed by atoms with van der Waals surface area (Å²) in [5.41, 5.74) is -0.370. The summed E-state index contributed by atoms with van der Waals surface area (Å²) in [6.45, 7) is 4.01. The van der Waals surface area contributed by atoms with E-state index in [0.29, 0.717) is 11.5 Å². The standard InChI is InChI=1S/C14H15O2PS2.Cu/c1-11-6-8-13(9-7-11)15-17(18,19)16-14-5-3-4-12(2)10-14;/h3-10H,1-2H3,(H,18,19);/q;+2. The molecule has 0 aliphatic carbocycles. The molecule has 1 unspecified atom stereocenters. The van der Waals surface area contributed by atoms with Crippen LogP contribution in [0.4, 0.5) is 0 Å². The minimum Gasteiger partial charge on any atom is -0.428 e. The van der Waals surface area contributed by atoms with Crippen LogP contribution in [0, 0.1) is 13.8 Å². The van der Waals surface area contributed by atoms with Crippen molar-refractivity contribution in [3.63, 3.8) is 0 Å². The molecule has 0 bridgehead atoms. The summed E-state index contributed by atoms with van der Waals surface area (Å²) in [7, 11) is 0. The normalized spacial score (nSPS) is 12.9. The van der Waals surface area contributed by atoms with Crippen molar-refractivity contribution < 1.29 is 26.1 Å². The van der Waals surface area contributed by atoms with E-state index in [1.165, 1.54) is 5.56 Å². The minimum absolute atomic E-state index is 0. The summed E-state index contributed by atoms with van der Waals surface area (Å²) in [6, 6.07) is 15.3. The van der Waals surface area contributed by atoms with Crippen molar-refractivity contribution in [2.45, 2.75) is 13.8 Å². The van der Waals surface area contributed by atoms with E-state index in [2.05, 4.69) is 12.2 Å². The van der Waals surface area contributed by atoms with Crippen LogP contribution in [0.1, 0.15) is 11.1 Å². The molecule has 2 rings (SSSR count). The Hall–Kier alpha value is -0.441. The Bertz CT molecular complexity index is 617. The molecule has 0 fully saturated rings. The molecular weight excluding hydrogens is 359 g/mol. The molecule has 2 aromatic carbocycles. The summed E-state index contributed by atoms with van der Waals surface area (Å²) in [5.74, 6) is 1.36. The largest absolute Gasteiger partial charge is 2.00 e. The molecule has 2 nitrogen and oxygen atoms in total. The predicted molar refractivity (Wildman–Crippen MR) is 86.9 cm³/mol. The second-order valence-corrected chi connectivity index (χ2v) is 9.42. The van der Waals surface area contributed by atoms with E-state index in [9.17, 15) is 0 Å². The Morgan fingerprint density at radius 1 is 0.900 bits per heavy atom. The van der Waals surface area contributed by atoms with Crippen molar-refractivity contribution in [3.8, 4) is 11.5 Å². The van der Waals surface area contributed by atoms with Crippen LogP contribution >= 0.6 is 17.9 Å². The molecule has 0 N–H and O–H groups in total. The maximum absolute atomic E-state index is 5.68. The van der Waals surface area contributed by atoms with E-state index in [4.69, 9.17) is 20.9 Å². The molecule has 2 aromatic rings. The fourth-order valence-corrected chi connectivity index (χ4v) is 3.44. The van der Waals surface area contributed by atoms with Gasteiger partial charge >= 0.3 is 22.8 Å². The molecule has 0 aliphatic heterocycles. The molecule has 0 aliphatic rings. The number of thiol groups is 1. The zero-order valence-corrected chi connectivity index (χ0v) is 14.6. The molecule has 0 saturated heterocycles. The molecule has 1 radical (unpaired) electrons. The van der Waals surface area contributed by atoms with Crippen molar-refractivity contribution in [1.82, 2.24) is 0 Å². The van der Waals surface area contributed by atoms with Gasteiger partial charge in [0.15, 0.2) is 0 Å². The first kappa shape index (κ1) is 17.6. The molecular formula is C14H15CuO2PS2+2. The molecule has 109 valence electrons. The minimum atomic E-state index is -2.64. The number of rotatable bonds is 4. The van der Waals surface area contributed by atoms with Crippen molar-refractivity contribution in [3.05, 3.63) is 59.7 Å². The summed E-state index contributed by atoms with van der Waals surface area (Å²) in [4.78, 5) is 0. The van der Waals surface area contributed by atoms with Gasteiger partial charge in [-0.2, -0.15) is 0 Å². The van der Waals surface area contributed by atoms with Gasteiger partial charge in [-0.1, -0.05) is 42.1 Å². The van der Waals surface area contributed by atoms with Crippen LogP contribution in [-0.2, 0) is 28.9 Å². The molecule has 0 spiro atoms. The maximum Gasteiger partial charge on any atom is 2.00 e. The quantitative estimate of drug-likeness (QED) is 0.466. The van der Waals surface area contributed by atoms with Gasteiger partial charge < -0.3 is 9.05 Å². The SMILES string of the molecule is Cc1ccc(OP(=S)(S)Oc2cccc(C)c2)cc1.[Cu+2]. The van der Waals surface area contributed by atoms with Crippen LogP contribution in [0.25, 0.3) is 0 Å². The fraction of sp³-hybridized carbons (Fsp3) is 0.143. The van der Waals surface area contributed by atoms with Gasteiger partial charge in [0.1, 0.15) is 11.5 Å². The third-order valence-electron chi connectivity index (χ3n) is 2.45. The third kappa shape index (κ3) is 5.51. The van der Waals surface area contributed by atoms with Crippen molar-refractivity contribution in [2.24, 2.45) is 0 Å². The van der Waals surface area contributed by atoms with Gasteiger partial charge in [0.25, 0.3) is 0 Å². The molecule has 0 heterocycles. The first-order valence-electron chi connectivity index (χ1n) is 5.80. The molecule has 0 aromatic heterocycles. The number of benzene rings is 2. The Kier molecular flexibility index (Phi) is 6.63. The van der Waals surface area contributed by atoms with E-state index >= 15 is 0 Å².